The Kier molecular flexibility index (Phi) is 20.3. The molecule has 0 aromatic rings. The highest BCUT2D eigenvalue weighted by molar-refractivity contribution is 5.77. The number of hydrogen-bond acceptors (Lipinski definition) is 9. The van der Waals surface area contributed by atoms with Crippen molar-refractivity contribution >= 4 is 18.1 Å². The van der Waals surface area contributed by atoms with E-state index in [4.69, 9.17) is 23.7 Å². The lowest BCUT2D eigenvalue weighted by molar-refractivity contribution is -0.130. The summed E-state index contributed by atoms with van der Waals surface area (Å²) in [5, 5.41) is 15.0. The van der Waals surface area contributed by atoms with E-state index in [-0.39, 0.29) is 77.3 Å². The van der Waals surface area contributed by atoms with Gasteiger partial charge in [-0.15, -0.1) is 0 Å². The van der Waals surface area contributed by atoms with Crippen LogP contribution in [0.25, 0.3) is 0 Å². The molecule has 0 aliphatic carbocycles. The monoisotopic (exact) mass is 562 g/mol. The second-order valence-corrected chi connectivity index (χ2v) is 10.9. The molecule has 0 aromatic heterocycles. The zero-order valence-corrected chi connectivity index (χ0v) is 25.1. The summed E-state index contributed by atoms with van der Waals surface area (Å²) in [4.78, 5) is 35.9. The molecule has 11 heteroatoms. The maximum atomic E-state index is 13.0. The summed E-state index contributed by atoms with van der Waals surface area (Å²) in [5.41, 5.74) is -2.07. The van der Waals surface area contributed by atoms with E-state index in [1.54, 1.807) is 13.8 Å². The first-order chi connectivity index (χ1) is 18.4. The average molecular weight is 563 g/mol. The predicted octanol–water partition coefficient (Wildman–Crippen LogP) is 2.17. The molecule has 0 aliphatic rings. The van der Waals surface area contributed by atoms with E-state index in [9.17, 15) is 19.5 Å². The number of amides is 2. The fourth-order valence-corrected chi connectivity index (χ4v) is 3.35. The van der Waals surface area contributed by atoms with Gasteiger partial charge in [0.05, 0.1) is 57.5 Å². The van der Waals surface area contributed by atoms with Crippen molar-refractivity contribution in [3.05, 3.63) is 0 Å². The highest BCUT2D eigenvalue weighted by Crippen LogP contribution is 2.18. The molecule has 0 radical (unpaired) electrons. The summed E-state index contributed by atoms with van der Waals surface area (Å²) in [5.74, 6) is -0.386. The lowest BCUT2D eigenvalue weighted by Crippen LogP contribution is -2.58. The van der Waals surface area contributed by atoms with Gasteiger partial charge < -0.3 is 44.2 Å². The zero-order valence-electron chi connectivity index (χ0n) is 25.1. The number of ether oxygens (including phenoxy) is 5. The van der Waals surface area contributed by atoms with Gasteiger partial charge in [0.1, 0.15) is 11.8 Å². The lowest BCUT2D eigenvalue weighted by Gasteiger charge is -2.35. The van der Waals surface area contributed by atoms with Crippen molar-refractivity contribution in [1.82, 2.24) is 10.6 Å². The van der Waals surface area contributed by atoms with Gasteiger partial charge >= 0.3 is 0 Å². The number of carbonyl (C=O) groups is 3. The van der Waals surface area contributed by atoms with Crippen molar-refractivity contribution in [3.8, 4) is 0 Å². The highest BCUT2D eigenvalue weighted by atomic mass is 16.5. The number of carbonyl (C=O) groups excluding carboxylic acids is 3. The molecule has 0 fully saturated rings. The van der Waals surface area contributed by atoms with Gasteiger partial charge in [-0.05, 0) is 47.0 Å². The smallest absolute Gasteiger partial charge is 0.222 e. The second-order valence-electron chi connectivity index (χ2n) is 10.9. The maximum Gasteiger partial charge on any atom is 0.222 e. The minimum atomic E-state index is -0.982. The van der Waals surface area contributed by atoms with E-state index in [1.807, 2.05) is 27.7 Å². The SMILES string of the molecule is CCCOCC(COCCC=O)(COCCC(=O)NCCOC(C)(C)CO)NC(=O)CCC(C)(C)OCCC. The van der Waals surface area contributed by atoms with Gasteiger partial charge in [-0.3, -0.25) is 9.59 Å². The summed E-state index contributed by atoms with van der Waals surface area (Å²) >= 11 is 0. The standard InChI is InChI=1S/C28H54N2O9/c1-7-15-35-21-28(22-36-17-9-14-31,30-25(34)10-12-26(3,4)38-16-8-2)23-37-18-11-24(33)29-13-19-39-27(5,6)20-32/h14,32H,7-13,15-23H2,1-6H3,(H,29,33)(H,30,34). The zero-order chi connectivity index (χ0) is 29.6. The summed E-state index contributed by atoms with van der Waals surface area (Å²) in [6, 6.07) is 0. The molecule has 0 bridgehead atoms. The second kappa shape index (κ2) is 21.2. The van der Waals surface area contributed by atoms with Gasteiger partial charge in [-0.2, -0.15) is 0 Å². The molecule has 0 saturated carbocycles. The van der Waals surface area contributed by atoms with E-state index < -0.39 is 16.7 Å². The van der Waals surface area contributed by atoms with Crippen molar-refractivity contribution in [2.45, 2.75) is 96.8 Å². The topological polar surface area (TPSA) is 142 Å². The van der Waals surface area contributed by atoms with E-state index in [1.165, 1.54) is 0 Å². The van der Waals surface area contributed by atoms with Crippen LogP contribution >= 0.6 is 0 Å². The van der Waals surface area contributed by atoms with Crippen molar-refractivity contribution in [2.24, 2.45) is 0 Å². The molecule has 2 amide bonds. The Morgan fingerprint density at radius 2 is 1.36 bits per heavy atom. The van der Waals surface area contributed by atoms with Crippen molar-refractivity contribution in [1.29, 1.82) is 0 Å². The number of aliphatic hydroxyl groups is 1. The normalized spacial score (nSPS) is 13.6. The first-order valence-electron chi connectivity index (χ1n) is 14.1. The maximum absolute atomic E-state index is 13.0. The number of nitrogens with one attached hydrogen (secondary N) is 2. The fourth-order valence-electron chi connectivity index (χ4n) is 3.35. The van der Waals surface area contributed by atoms with Crippen LogP contribution in [0.15, 0.2) is 0 Å². The molecule has 0 spiro atoms. The van der Waals surface area contributed by atoms with Gasteiger partial charge in [0.25, 0.3) is 0 Å². The van der Waals surface area contributed by atoms with Crippen LogP contribution in [0, 0.1) is 0 Å². The molecular formula is C28H54N2O9. The predicted molar refractivity (Wildman–Crippen MR) is 149 cm³/mol. The average Bonchev–Trinajstić information content (AvgIpc) is 2.89. The molecule has 0 rings (SSSR count). The van der Waals surface area contributed by atoms with Crippen LogP contribution in [0.4, 0.5) is 0 Å². The van der Waals surface area contributed by atoms with Crippen molar-refractivity contribution < 1.29 is 43.2 Å². The summed E-state index contributed by atoms with van der Waals surface area (Å²) in [7, 11) is 0. The Morgan fingerprint density at radius 1 is 0.769 bits per heavy atom. The van der Waals surface area contributed by atoms with E-state index in [0.29, 0.717) is 26.2 Å². The van der Waals surface area contributed by atoms with Crippen molar-refractivity contribution in [2.75, 3.05) is 66.0 Å². The molecular weight excluding hydrogens is 508 g/mol. The number of aldehydes is 1. The Balaban J connectivity index is 5.05. The number of rotatable bonds is 26. The van der Waals surface area contributed by atoms with Gasteiger partial charge in [-0.25, -0.2) is 0 Å². The highest BCUT2D eigenvalue weighted by Gasteiger charge is 2.34. The Morgan fingerprint density at radius 3 is 1.95 bits per heavy atom. The Labute approximate surface area is 235 Å². The van der Waals surface area contributed by atoms with E-state index in [2.05, 4.69) is 10.6 Å². The summed E-state index contributed by atoms with van der Waals surface area (Å²) < 4.78 is 28.7. The first-order valence-corrected chi connectivity index (χ1v) is 14.1. The third kappa shape index (κ3) is 20.0. The van der Waals surface area contributed by atoms with Gasteiger partial charge in [-0.1, -0.05) is 13.8 Å². The fraction of sp³-hybridized carbons (Fsp3) is 0.893. The molecule has 39 heavy (non-hydrogen) atoms. The lowest BCUT2D eigenvalue weighted by atomic mass is 9.99. The molecule has 11 nitrogen and oxygen atoms in total. The van der Waals surface area contributed by atoms with Gasteiger partial charge in [0.2, 0.25) is 11.8 Å². The molecule has 1 unspecified atom stereocenters. The molecule has 0 aromatic carbocycles. The minimum absolute atomic E-state index is 0.0698. The quantitative estimate of drug-likeness (QED) is 0.107. The van der Waals surface area contributed by atoms with Crippen LogP contribution in [0.2, 0.25) is 0 Å². The van der Waals surface area contributed by atoms with Crippen LogP contribution in [0.3, 0.4) is 0 Å². The van der Waals surface area contributed by atoms with Gasteiger partial charge in [0, 0.05) is 39.0 Å². The third-order valence-corrected chi connectivity index (χ3v) is 5.69. The van der Waals surface area contributed by atoms with Crippen LogP contribution in [0.5, 0.6) is 0 Å². The molecule has 1 atom stereocenters. The van der Waals surface area contributed by atoms with Crippen LogP contribution in [-0.2, 0) is 38.1 Å². The van der Waals surface area contributed by atoms with Gasteiger partial charge in [0.15, 0.2) is 0 Å². The molecule has 0 aliphatic heterocycles. The largest absolute Gasteiger partial charge is 0.393 e. The summed E-state index contributed by atoms with van der Waals surface area (Å²) in [6.07, 6.45) is 3.63. The molecule has 3 N–H and O–H groups in total. The van der Waals surface area contributed by atoms with Crippen LogP contribution < -0.4 is 10.6 Å². The molecule has 230 valence electrons. The Bertz CT molecular complexity index is 673. The third-order valence-electron chi connectivity index (χ3n) is 5.69. The first kappa shape index (κ1) is 37.4. The number of hydrogen-bond donors (Lipinski definition) is 3. The minimum Gasteiger partial charge on any atom is -0.393 e. The van der Waals surface area contributed by atoms with Crippen LogP contribution in [-0.4, -0.2) is 106 Å². The number of aliphatic hydroxyl groups excluding tert-OH is 1. The molecule has 0 heterocycles. The van der Waals surface area contributed by atoms with Crippen molar-refractivity contribution in [3.63, 3.8) is 0 Å². The van der Waals surface area contributed by atoms with Crippen LogP contribution in [0.1, 0.15) is 80.1 Å². The Hall–Kier alpha value is -1.63. The molecule has 0 saturated heterocycles. The van der Waals surface area contributed by atoms with E-state index in [0.717, 1.165) is 19.1 Å². The summed E-state index contributed by atoms with van der Waals surface area (Å²) in [6.45, 7) is 13.8. The van der Waals surface area contributed by atoms with E-state index >= 15 is 0 Å².